The molecular formula is C17H20N2O3S3. The molecule has 25 heavy (non-hydrogen) atoms. The maximum Gasteiger partial charge on any atom is 0.267 e. The first kappa shape index (κ1) is 18.4. The molecule has 1 aliphatic heterocycles. The van der Waals surface area contributed by atoms with Crippen LogP contribution < -0.4 is 5.32 Å². The number of sulfonamides is 1. The van der Waals surface area contributed by atoms with Crippen LogP contribution in [0.15, 0.2) is 34.5 Å². The van der Waals surface area contributed by atoms with Crippen LogP contribution in [0.2, 0.25) is 0 Å². The van der Waals surface area contributed by atoms with E-state index in [4.69, 9.17) is 0 Å². The number of anilines is 1. The second-order valence-corrected chi connectivity index (χ2v) is 10.0. The van der Waals surface area contributed by atoms with E-state index in [-0.39, 0.29) is 15.7 Å². The Morgan fingerprint density at radius 3 is 2.40 bits per heavy atom. The lowest BCUT2D eigenvalue weighted by atomic mass is 10.1. The monoisotopic (exact) mass is 396 g/mol. The molecule has 8 heteroatoms. The van der Waals surface area contributed by atoms with Gasteiger partial charge in [-0.05, 0) is 48.6 Å². The standard InChI is InChI=1S/C17H20N2O3S3/c1-12-9-13(2)11-14(10-12)18-17(20)16-15(3-6-24-16)25(21,22)19-4-7-23-8-5-19/h3,6,9-11H,4-5,7-8H2,1-2H3,(H,18,20). The summed E-state index contributed by atoms with van der Waals surface area (Å²) in [5.74, 6) is 1.19. The number of thiophene rings is 1. The number of nitrogens with one attached hydrogen (secondary N) is 1. The van der Waals surface area contributed by atoms with Crippen molar-refractivity contribution < 1.29 is 13.2 Å². The van der Waals surface area contributed by atoms with Crippen LogP contribution in [0.5, 0.6) is 0 Å². The van der Waals surface area contributed by atoms with Crippen LogP contribution >= 0.6 is 23.1 Å². The Kier molecular flexibility index (Phi) is 5.52. The zero-order valence-corrected chi connectivity index (χ0v) is 16.6. The number of hydrogen-bond acceptors (Lipinski definition) is 5. The van der Waals surface area contributed by atoms with E-state index in [1.165, 1.54) is 10.4 Å². The van der Waals surface area contributed by atoms with E-state index in [0.29, 0.717) is 18.8 Å². The van der Waals surface area contributed by atoms with Crippen molar-refractivity contribution in [3.05, 3.63) is 45.6 Å². The fourth-order valence-electron chi connectivity index (χ4n) is 2.83. The highest BCUT2D eigenvalue weighted by Gasteiger charge is 2.31. The fourth-order valence-corrected chi connectivity index (χ4v) is 6.70. The lowest BCUT2D eigenvalue weighted by Crippen LogP contribution is -2.38. The van der Waals surface area contributed by atoms with Crippen molar-refractivity contribution in [1.82, 2.24) is 4.31 Å². The van der Waals surface area contributed by atoms with E-state index in [0.717, 1.165) is 34.0 Å². The molecule has 1 aliphatic rings. The molecule has 134 valence electrons. The molecule has 1 saturated heterocycles. The van der Waals surface area contributed by atoms with Gasteiger partial charge in [0.25, 0.3) is 5.91 Å². The zero-order valence-electron chi connectivity index (χ0n) is 14.1. The number of benzene rings is 1. The summed E-state index contributed by atoms with van der Waals surface area (Å²) in [4.78, 5) is 13.0. The first-order chi connectivity index (χ1) is 11.9. The summed E-state index contributed by atoms with van der Waals surface area (Å²) in [6, 6.07) is 7.28. The Hall–Kier alpha value is -1.35. The molecule has 0 aliphatic carbocycles. The molecular weight excluding hydrogens is 376 g/mol. The molecule has 1 aromatic heterocycles. The molecule has 1 aromatic carbocycles. The van der Waals surface area contributed by atoms with Crippen molar-refractivity contribution in [3.63, 3.8) is 0 Å². The van der Waals surface area contributed by atoms with Gasteiger partial charge in [-0.2, -0.15) is 16.1 Å². The van der Waals surface area contributed by atoms with E-state index in [1.807, 2.05) is 32.0 Å². The minimum atomic E-state index is -3.63. The second-order valence-electron chi connectivity index (χ2n) is 5.96. The van der Waals surface area contributed by atoms with Crippen molar-refractivity contribution in [1.29, 1.82) is 0 Å². The Balaban J connectivity index is 1.86. The second kappa shape index (κ2) is 7.49. The van der Waals surface area contributed by atoms with Crippen LogP contribution in [0.25, 0.3) is 0 Å². The summed E-state index contributed by atoms with van der Waals surface area (Å²) in [6.45, 7) is 4.89. The van der Waals surface area contributed by atoms with Gasteiger partial charge in [-0.3, -0.25) is 4.79 Å². The Morgan fingerprint density at radius 2 is 1.76 bits per heavy atom. The van der Waals surface area contributed by atoms with Gasteiger partial charge in [-0.25, -0.2) is 8.42 Å². The van der Waals surface area contributed by atoms with Crippen LogP contribution in [0.4, 0.5) is 5.69 Å². The summed E-state index contributed by atoms with van der Waals surface area (Å²) in [5, 5.41) is 4.48. The fraction of sp³-hybridized carbons (Fsp3) is 0.353. The molecule has 0 atom stereocenters. The van der Waals surface area contributed by atoms with Crippen molar-refractivity contribution in [2.24, 2.45) is 0 Å². The number of hydrogen-bond donors (Lipinski definition) is 1. The molecule has 2 heterocycles. The largest absolute Gasteiger partial charge is 0.321 e. The Bertz CT molecular complexity index is 864. The molecule has 1 N–H and O–H groups in total. The third kappa shape index (κ3) is 4.08. The molecule has 3 rings (SSSR count). The smallest absolute Gasteiger partial charge is 0.267 e. The third-order valence-corrected chi connectivity index (χ3v) is 7.83. The highest BCUT2D eigenvalue weighted by molar-refractivity contribution is 7.99. The first-order valence-corrected chi connectivity index (χ1v) is 11.4. The van der Waals surface area contributed by atoms with Gasteiger partial charge >= 0.3 is 0 Å². The summed E-state index contributed by atoms with van der Waals surface area (Å²) < 4.78 is 27.2. The van der Waals surface area contributed by atoms with Gasteiger partial charge in [-0.1, -0.05) is 6.07 Å². The predicted octanol–water partition coefficient (Wildman–Crippen LogP) is 3.35. The molecule has 0 bridgehead atoms. The van der Waals surface area contributed by atoms with Gasteiger partial charge in [0.05, 0.1) is 0 Å². The predicted molar refractivity (Wildman–Crippen MR) is 104 cm³/mol. The number of nitrogens with zero attached hydrogens (tertiary/aromatic N) is 1. The van der Waals surface area contributed by atoms with E-state index in [1.54, 1.807) is 17.1 Å². The van der Waals surface area contributed by atoms with Crippen LogP contribution in [0, 0.1) is 13.8 Å². The zero-order chi connectivity index (χ0) is 18.0. The van der Waals surface area contributed by atoms with Crippen molar-refractivity contribution >= 4 is 44.7 Å². The molecule has 0 unspecified atom stereocenters. The minimum absolute atomic E-state index is 0.103. The first-order valence-electron chi connectivity index (χ1n) is 7.93. The molecule has 0 radical (unpaired) electrons. The minimum Gasteiger partial charge on any atom is -0.321 e. The number of thioether (sulfide) groups is 1. The van der Waals surface area contributed by atoms with Gasteiger partial charge in [0.1, 0.15) is 9.77 Å². The van der Waals surface area contributed by atoms with Crippen molar-refractivity contribution in [2.75, 3.05) is 29.9 Å². The molecule has 1 amide bonds. The summed E-state index contributed by atoms with van der Waals surface area (Å²) in [5.41, 5.74) is 2.76. The van der Waals surface area contributed by atoms with Crippen LogP contribution in [-0.2, 0) is 10.0 Å². The number of amides is 1. The topological polar surface area (TPSA) is 66.5 Å². The number of carbonyl (C=O) groups is 1. The third-order valence-electron chi connectivity index (χ3n) is 3.90. The lowest BCUT2D eigenvalue weighted by molar-refractivity contribution is 0.102. The van der Waals surface area contributed by atoms with Gasteiger partial charge in [0.2, 0.25) is 10.0 Å². The van der Waals surface area contributed by atoms with Gasteiger partial charge in [0, 0.05) is 30.3 Å². The van der Waals surface area contributed by atoms with E-state index < -0.39 is 10.0 Å². The maximum absolute atomic E-state index is 12.9. The average Bonchev–Trinajstić information content (AvgIpc) is 3.05. The normalized spacial score (nSPS) is 15.9. The highest BCUT2D eigenvalue weighted by Crippen LogP contribution is 2.28. The van der Waals surface area contributed by atoms with E-state index >= 15 is 0 Å². The number of carbonyl (C=O) groups excluding carboxylic acids is 1. The molecule has 5 nitrogen and oxygen atoms in total. The summed E-state index contributed by atoms with van der Waals surface area (Å²) >= 11 is 2.90. The Labute approximate surface area is 156 Å². The molecule has 0 spiro atoms. The highest BCUT2D eigenvalue weighted by atomic mass is 32.2. The van der Waals surface area contributed by atoms with Crippen LogP contribution in [-0.4, -0.2) is 43.2 Å². The summed E-state index contributed by atoms with van der Waals surface area (Å²) in [7, 11) is -3.63. The summed E-state index contributed by atoms with van der Waals surface area (Å²) in [6.07, 6.45) is 0. The van der Waals surface area contributed by atoms with E-state index in [2.05, 4.69) is 5.32 Å². The van der Waals surface area contributed by atoms with Gasteiger partial charge in [0.15, 0.2) is 0 Å². The SMILES string of the molecule is Cc1cc(C)cc(NC(=O)c2sccc2S(=O)(=O)N2CCSCC2)c1. The number of rotatable bonds is 4. The van der Waals surface area contributed by atoms with Crippen LogP contribution in [0.1, 0.15) is 20.8 Å². The quantitative estimate of drug-likeness (QED) is 0.861. The van der Waals surface area contributed by atoms with Gasteiger partial charge < -0.3 is 5.32 Å². The molecule has 1 fully saturated rings. The maximum atomic E-state index is 12.9. The van der Waals surface area contributed by atoms with Crippen molar-refractivity contribution in [2.45, 2.75) is 18.7 Å². The van der Waals surface area contributed by atoms with Gasteiger partial charge in [-0.15, -0.1) is 11.3 Å². The Morgan fingerprint density at radius 1 is 1.12 bits per heavy atom. The number of aryl methyl sites for hydroxylation is 2. The lowest BCUT2D eigenvalue weighted by Gasteiger charge is -2.25. The molecule has 0 saturated carbocycles. The van der Waals surface area contributed by atoms with Crippen LogP contribution in [0.3, 0.4) is 0 Å². The van der Waals surface area contributed by atoms with Crippen molar-refractivity contribution in [3.8, 4) is 0 Å². The molecule has 2 aromatic rings. The average molecular weight is 397 g/mol. The van der Waals surface area contributed by atoms with E-state index in [9.17, 15) is 13.2 Å².